The molecule has 0 aliphatic heterocycles. The Hall–Kier alpha value is -1.40. The Balaban J connectivity index is 1.96. The fraction of sp³-hybridized carbons (Fsp3) is 0.588. The summed E-state index contributed by atoms with van der Waals surface area (Å²) < 4.78 is 2.06. The highest BCUT2D eigenvalue weighted by Crippen LogP contribution is 2.21. The van der Waals surface area contributed by atoms with Crippen LogP contribution in [-0.2, 0) is 13.1 Å². The van der Waals surface area contributed by atoms with E-state index >= 15 is 0 Å². The van der Waals surface area contributed by atoms with E-state index in [-0.39, 0.29) is 6.04 Å². The predicted molar refractivity (Wildman–Crippen MR) is 95.7 cm³/mol. The molecule has 6 heteroatoms. The summed E-state index contributed by atoms with van der Waals surface area (Å²) >= 11 is 1.71. The molecule has 2 aromatic rings. The molecular formula is C17H27N5S. The maximum Gasteiger partial charge on any atom is 0.187 e. The summed E-state index contributed by atoms with van der Waals surface area (Å²) in [5.74, 6) is 1.06. The predicted octanol–water partition coefficient (Wildman–Crippen LogP) is 3.66. The van der Waals surface area contributed by atoms with Gasteiger partial charge in [-0.15, -0.1) is 0 Å². The number of thioether (sulfide) groups is 1. The second kappa shape index (κ2) is 8.45. The Morgan fingerprint density at radius 3 is 2.48 bits per heavy atom. The Morgan fingerprint density at radius 2 is 1.91 bits per heavy atom. The van der Waals surface area contributed by atoms with Crippen molar-refractivity contribution in [1.82, 2.24) is 25.1 Å². The molecule has 0 aliphatic carbocycles. The molecule has 0 fully saturated rings. The molecule has 2 heterocycles. The number of rotatable bonds is 8. The van der Waals surface area contributed by atoms with Gasteiger partial charge < -0.3 is 5.32 Å². The standard InChI is InChI=1S/C17H27N5S/c1-6-8-23-17-19-10-15(11-20-17)9-18-12(3)16-13(4)21-22(7-2)14(16)5/h10-12,18H,6-9H2,1-5H3. The van der Waals surface area contributed by atoms with Crippen LogP contribution in [0.1, 0.15) is 55.7 Å². The van der Waals surface area contributed by atoms with E-state index in [0.717, 1.165) is 41.7 Å². The third-order valence-electron chi connectivity index (χ3n) is 3.90. The van der Waals surface area contributed by atoms with Crippen molar-refractivity contribution in [3.8, 4) is 0 Å². The van der Waals surface area contributed by atoms with Crippen LogP contribution in [0.25, 0.3) is 0 Å². The molecule has 126 valence electrons. The van der Waals surface area contributed by atoms with E-state index in [0.29, 0.717) is 0 Å². The zero-order valence-corrected chi connectivity index (χ0v) is 15.6. The number of aromatic nitrogens is 4. The highest BCUT2D eigenvalue weighted by atomic mass is 32.2. The first-order valence-corrected chi connectivity index (χ1v) is 9.26. The number of hydrogen-bond donors (Lipinski definition) is 1. The number of aryl methyl sites for hydroxylation is 2. The quantitative estimate of drug-likeness (QED) is 0.590. The van der Waals surface area contributed by atoms with E-state index in [1.54, 1.807) is 11.8 Å². The van der Waals surface area contributed by atoms with Gasteiger partial charge in [0.1, 0.15) is 0 Å². The van der Waals surface area contributed by atoms with Gasteiger partial charge in [0.15, 0.2) is 5.16 Å². The summed E-state index contributed by atoms with van der Waals surface area (Å²) in [5, 5.41) is 9.01. The van der Waals surface area contributed by atoms with E-state index in [1.165, 1.54) is 11.3 Å². The largest absolute Gasteiger partial charge is 0.306 e. The molecule has 0 aliphatic rings. The average molecular weight is 334 g/mol. The van der Waals surface area contributed by atoms with Gasteiger partial charge in [0, 0.05) is 54.1 Å². The van der Waals surface area contributed by atoms with Crippen LogP contribution in [0.15, 0.2) is 17.6 Å². The summed E-state index contributed by atoms with van der Waals surface area (Å²) in [6.07, 6.45) is 4.97. The van der Waals surface area contributed by atoms with E-state index in [2.05, 4.69) is 59.7 Å². The van der Waals surface area contributed by atoms with Crippen LogP contribution >= 0.6 is 11.8 Å². The molecule has 0 aromatic carbocycles. The number of nitrogens with one attached hydrogen (secondary N) is 1. The Kier molecular flexibility index (Phi) is 6.59. The second-order valence-electron chi connectivity index (χ2n) is 5.73. The van der Waals surface area contributed by atoms with E-state index < -0.39 is 0 Å². The van der Waals surface area contributed by atoms with Gasteiger partial charge in [0.25, 0.3) is 0 Å². The smallest absolute Gasteiger partial charge is 0.187 e. The molecule has 2 aromatic heterocycles. The molecule has 1 atom stereocenters. The van der Waals surface area contributed by atoms with Crippen molar-refractivity contribution in [1.29, 1.82) is 0 Å². The van der Waals surface area contributed by atoms with Crippen molar-refractivity contribution in [3.63, 3.8) is 0 Å². The Labute approximate surface area is 143 Å². The molecule has 1 N–H and O–H groups in total. The minimum absolute atomic E-state index is 0.254. The SMILES string of the molecule is CCCSc1ncc(CNC(C)c2c(C)nn(CC)c2C)cn1. The maximum absolute atomic E-state index is 4.59. The number of nitrogens with zero attached hydrogens (tertiary/aromatic N) is 4. The monoisotopic (exact) mass is 333 g/mol. The van der Waals surface area contributed by atoms with Crippen molar-refractivity contribution >= 4 is 11.8 Å². The van der Waals surface area contributed by atoms with Gasteiger partial charge in [-0.2, -0.15) is 5.10 Å². The van der Waals surface area contributed by atoms with Crippen LogP contribution in [0.5, 0.6) is 0 Å². The second-order valence-corrected chi connectivity index (χ2v) is 6.79. The van der Waals surface area contributed by atoms with Crippen molar-refractivity contribution < 1.29 is 0 Å². The molecular weight excluding hydrogens is 306 g/mol. The fourth-order valence-electron chi connectivity index (χ4n) is 2.72. The normalized spacial score (nSPS) is 12.6. The van der Waals surface area contributed by atoms with Crippen LogP contribution in [0.3, 0.4) is 0 Å². The minimum Gasteiger partial charge on any atom is -0.306 e. The van der Waals surface area contributed by atoms with E-state index in [1.807, 2.05) is 12.4 Å². The van der Waals surface area contributed by atoms with E-state index in [9.17, 15) is 0 Å². The first kappa shape index (κ1) is 17.9. The lowest BCUT2D eigenvalue weighted by Gasteiger charge is -2.15. The van der Waals surface area contributed by atoms with Gasteiger partial charge >= 0.3 is 0 Å². The Morgan fingerprint density at radius 1 is 1.22 bits per heavy atom. The van der Waals surface area contributed by atoms with Gasteiger partial charge in [0.05, 0.1) is 5.69 Å². The maximum atomic E-state index is 4.59. The molecule has 0 bridgehead atoms. The lowest BCUT2D eigenvalue weighted by atomic mass is 10.1. The van der Waals surface area contributed by atoms with Crippen molar-refractivity contribution in [2.45, 2.75) is 65.3 Å². The lowest BCUT2D eigenvalue weighted by Crippen LogP contribution is -2.19. The van der Waals surface area contributed by atoms with Gasteiger partial charge in [0.2, 0.25) is 0 Å². The first-order chi connectivity index (χ1) is 11.1. The zero-order valence-electron chi connectivity index (χ0n) is 14.8. The van der Waals surface area contributed by atoms with Gasteiger partial charge in [-0.3, -0.25) is 4.68 Å². The molecule has 5 nitrogen and oxygen atoms in total. The summed E-state index contributed by atoms with van der Waals surface area (Å²) in [4.78, 5) is 8.83. The van der Waals surface area contributed by atoms with Crippen LogP contribution in [-0.4, -0.2) is 25.5 Å². The van der Waals surface area contributed by atoms with Crippen molar-refractivity contribution in [3.05, 3.63) is 34.9 Å². The highest BCUT2D eigenvalue weighted by molar-refractivity contribution is 7.99. The van der Waals surface area contributed by atoms with Crippen LogP contribution in [0.2, 0.25) is 0 Å². The summed E-state index contributed by atoms with van der Waals surface area (Å²) in [5.41, 5.74) is 4.75. The fourth-order valence-corrected chi connectivity index (χ4v) is 3.36. The molecule has 1 unspecified atom stereocenters. The highest BCUT2D eigenvalue weighted by Gasteiger charge is 2.16. The zero-order chi connectivity index (χ0) is 16.8. The summed E-state index contributed by atoms with van der Waals surface area (Å²) in [6, 6.07) is 0.254. The van der Waals surface area contributed by atoms with Crippen LogP contribution in [0.4, 0.5) is 0 Å². The number of hydrogen-bond acceptors (Lipinski definition) is 5. The molecule has 0 saturated carbocycles. The Bertz CT molecular complexity index is 621. The van der Waals surface area contributed by atoms with Crippen molar-refractivity contribution in [2.75, 3.05) is 5.75 Å². The lowest BCUT2D eigenvalue weighted by molar-refractivity contribution is 0.563. The molecule has 0 amide bonds. The van der Waals surface area contributed by atoms with Crippen molar-refractivity contribution in [2.24, 2.45) is 0 Å². The molecule has 0 saturated heterocycles. The van der Waals surface area contributed by atoms with Crippen LogP contribution < -0.4 is 5.32 Å². The van der Waals surface area contributed by atoms with Gasteiger partial charge in [-0.1, -0.05) is 18.7 Å². The third kappa shape index (κ3) is 4.54. The third-order valence-corrected chi connectivity index (χ3v) is 4.98. The van der Waals surface area contributed by atoms with E-state index in [4.69, 9.17) is 0 Å². The summed E-state index contributed by atoms with van der Waals surface area (Å²) in [6.45, 7) is 12.4. The molecule has 23 heavy (non-hydrogen) atoms. The summed E-state index contributed by atoms with van der Waals surface area (Å²) in [7, 11) is 0. The molecule has 2 rings (SSSR count). The topological polar surface area (TPSA) is 55.6 Å². The van der Waals surface area contributed by atoms with Gasteiger partial charge in [-0.25, -0.2) is 9.97 Å². The molecule has 0 spiro atoms. The first-order valence-electron chi connectivity index (χ1n) is 8.27. The average Bonchev–Trinajstić information content (AvgIpc) is 2.85. The van der Waals surface area contributed by atoms with Gasteiger partial charge in [-0.05, 0) is 34.1 Å². The van der Waals surface area contributed by atoms with Crippen LogP contribution in [0, 0.1) is 13.8 Å². The minimum atomic E-state index is 0.254. The molecule has 0 radical (unpaired) electrons.